The highest BCUT2D eigenvalue weighted by Gasteiger charge is 2.42. The van der Waals surface area contributed by atoms with Gasteiger partial charge in [-0.05, 0) is 22.9 Å². The third-order valence-electron chi connectivity index (χ3n) is 3.35. The predicted octanol–water partition coefficient (Wildman–Crippen LogP) is 2.26. The number of benzene rings is 1. The van der Waals surface area contributed by atoms with Crippen molar-refractivity contribution in [3.63, 3.8) is 0 Å². The fourth-order valence-electron chi connectivity index (χ4n) is 2.34. The van der Waals surface area contributed by atoms with Crippen molar-refractivity contribution in [2.24, 2.45) is 0 Å². The van der Waals surface area contributed by atoms with Gasteiger partial charge in [-0.15, -0.1) is 0 Å². The molecule has 0 radical (unpaired) electrons. The molecule has 0 saturated carbocycles. The largest absolute Gasteiger partial charge is 0.350 e. The van der Waals surface area contributed by atoms with Gasteiger partial charge in [-0.25, -0.2) is 8.78 Å². The molecule has 2 aliphatic rings. The summed E-state index contributed by atoms with van der Waals surface area (Å²) in [4.78, 5) is 15.4. The minimum absolute atomic E-state index is 0.280. The van der Waals surface area contributed by atoms with E-state index in [2.05, 4.69) is 21.2 Å². The summed E-state index contributed by atoms with van der Waals surface area (Å²) in [5.41, 5.74) is 1.51. The van der Waals surface area contributed by atoms with Crippen LogP contribution >= 0.6 is 15.9 Å². The van der Waals surface area contributed by atoms with Crippen LogP contribution in [0, 0.1) is 11.6 Å². The lowest BCUT2D eigenvalue weighted by molar-refractivity contribution is -0.115. The van der Waals surface area contributed by atoms with Crippen LogP contribution in [0.1, 0.15) is 6.92 Å². The molecular weight excluding hydrogens is 320 g/mol. The average molecular weight is 330 g/mol. The summed E-state index contributed by atoms with van der Waals surface area (Å²) in [6.45, 7) is 1.76. The van der Waals surface area contributed by atoms with Crippen LogP contribution in [0.4, 0.5) is 20.2 Å². The summed E-state index contributed by atoms with van der Waals surface area (Å²) in [6, 6.07) is 2.14. The third-order valence-corrected chi connectivity index (χ3v) is 4.28. The first kappa shape index (κ1) is 12.4. The highest BCUT2D eigenvalue weighted by molar-refractivity contribution is 9.12. The summed E-state index contributed by atoms with van der Waals surface area (Å²) in [6.07, 6.45) is -0.468. The lowest BCUT2D eigenvalue weighted by atomic mass is 10.2. The Balaban J connectivity index is 2.18. The van der Waals surface area contributed by atoms with E-state index in [1.807, 2.05) is 0 Å². The fourth-order valence-corrected chi connectivity index (χ4v) is 2.65. The summed E-state index contributed by atoms with van der Waals surface area (Å²) < 4.78 is 27.1. The molecule has 1 unspecified atom stereocenters. The number of halogens is 3. The zero-order valence-electron chi connectivity index (χ0n) is 10.2. The smallest absolute Gasteiger partial charge is 0.270 e. The van der Waals surface area contributed by atoms with Gasteiger partial charge in [0.15, 0.2) is 17.9 Å². The maximum absolute atomic E-state index is 13.4. The van der Waals surface area contributed by atoms with Crippen molar-refractivity contribution in [2.45, 2.75) is 13.2 Å². The molecular formula is C12H10BrF2N3O. The second-order valence-electron chi connectivity index (χ2n) is 4.50. The Morgan fingerprint density at radius 3 is 2.47 bits per heavy atom. The van der Waals surface area contributed by atoms with Gasteiger partial charge >= 0.3 is 0 Å². The molecule has 7 heteroatoms. The Kier molecular flexibility index (Phi) is 2.57. The van der Waals surface area contributed by atoms with Crippen LogP contribution in [0.15, 0.2) is 22.3 Å². The molecule has 1 amide bonds. The van der Waals surface area contributed by atoms with Gasteiger partial charge in [0.1, 0.15) is 4.48 Å². The molecule has 2 heterocycles. The van der Waals surface area contributed by atoms with Crippen molar-refractivity contribution in [1.82, 2.24) is 5.32 Å². The Morgan fingerprint density at radius 2 is 1.84 bits per heavy atom. The van der Waals surface area contributed by atoms with Gasteiger partial charge in [0.2, 0.25) is 0 Å². The molecule has 0 aromatic heterocycles. The van der Waals surface area contributed by atoms with Crippen molar-refractivity contribution >= 4 is 33.2 Å². The van der Waals surface area contributed by atoms with Crippen LogP contribution in [0.3, 0.4) is 0 Å². The molecule has 0 fully saturated rings. The highest BCUT2D eigenvalue weighted by atomic mass is 79.9. The maximum atomic E-state index is 13.4. The molecule has 0 aliphatic carbocycles. The standard InChI is InChI=1S/C12H10BrF2N3O/c1-5-10(13)11(19)18-9-4-7(15)6(14)3-8(9)17(2)12(18)16-5/h3-4,12,16H,1-2H3. The number of anilines is 2. The first-order valence-corrected chi connectivity index (χ1v) is 6.39. The summed E-state index contributed by atoms with van der Waals surface area (Å²) >= 11 is 3.20. The molecule has 1 atom stereocenters. The van der Waals surface area contributed by atoms with E-state index in [0.717, 1.165) is 12.1 Å². The summed E-state index contributed by atoms with van der Waals surface area (Å²) in [5, 5.41) is 3.11. The number of rotatable bonds is 0. The quantitative estimate of drug-likeness (QED) is 0.793. The van der Waals surface area contributed by atoms with Crippen molar-refractivity contribution in [1.29, 1.82) is 0 Å². The number of carbonyl (C=O) groups is 1. The first-order chi connectivity index (χ1) is 8.91. The number of amides is 1. The summed E-state index contributed by atoms with van der Waals surface area (Å²) in [7, 11) is 1.72. The lowest BCUT2D eigenvalue weighted by Gasteiger charge is -2.34. The highest BCUT2D eigenvalue weighted by Crippen LogP contribution is 2.42. The molecule has 1 aromatic rings. The number of nitrogens with one attached hydrogen (secondary N) is 1. The van der Waals surface area contributed by atoms with E-state index < -0.39 is 17.9 Å². The van der Waals surface area contributed by atoms with Crippen molar-refractivity contribution in [3.05, 3.63) is 33.9 Å². The van der Waals surface area contributed by atoms with Gasteiger partial charge in [-0.3, -0.25) is 9.69 Å². The zero-order valence-corrected chi connectivity index (χ0v) is 11.8. The van der Waals surface area contributed by atoms with Crippen molar-refractivity contribution in [2.75, 3.05) is 16.8 Å². The zero-order chi connectivity index (χ0) is 13.9. The number of hydrogen-bond acceptors (Lipinski definition) is 3. The van der Waals surface area contributed by atoms with Crippen LogP contribution in [0.5, 0.6) is 0 Å². The number of nitrogens with zero attached hydrogens (tertiary/aromatic N) is 2. The number of allylic oxidation sites excluding steroid dienone is 1. The van der Waals surface area contributed by atoms with Gasteiger partial charge in [-0.2, -0.15) is 0 Å². The van der Waals surface area contributed by atoms with Crippen LogP contribution < -0.4 is 15.1 Å². The van der Waals surface area contributed by atoms with E-state index in [9.17, 15) is 13.6 Å². The first-order valence-electron chi connectivity index (χ1n) is 5.60. The number of carbonyl (C=O) groups excluding carboxylic acids is 1. The SMILES string of the molecule is CC1=C(Br)C(=O)N2c3cc(F)c(F)cc3N(C)C2N1. The molecule has 0 saturated heterocycles. The van der Waals surface area contributed by atoms with E-state index in [-0.39, 0.29) is 5.91 Å². The Morgan fingerprint density at radius 1 is 1.26 bits per heavy atom. The molecule has 2 aliphatic heterocycles. The topological polar surface area (TPSA) is 35.6 Å². The van der Waals surface area contributed by atoms with Crippen LogP contribution in [0.25, 0.3) is 0 Å². The van der Waals surface area contributed by atoms with Gasteiger partial charge < -0.3 is 10.2 Å². The third kappa shape index (κ3) is 1.57. The molecule has 0 spiro atoms. The molecule has 1 aromatic carbocycles. The Bertz CT molecular complexity index is 632. The minimum Gasteiger partial charge on any atom is -0.350 e. The minimum atomic E-state index is -0.969. The van der Waals surface area contributed by atoms with Crippen LogP contribution in [-0.4, -0.2) is 19.2 Å². The second-order valence-corrected chi connectivity index (χ2v) is 5.29. The Labute approximate surface area is 116 Å². The van der Waals surface area contributed by atoms with Gasteiger partial charge in [-0.1, -0.05) is 0 Å². The van der Waals surface area contributed by atoms with E-state index in [1.54, 1.807) is 18.9 Å². The van der Waals surface area contributed by atoms with Gasteiger partial charge in [0.25, 0.3) is 5.91 Å². The van der Waals surface area contributed by atoms with Crippen LogP contribution in [0.2, 0.25) is 0 Å². The van der Waals surface area contributed by atoms with Gasteiger partial charge in [0.05, 0.1) is 11.4 Å². The number of fused-ring (bicyclic) bond motifs is 3. The number of hydrogen-bond donors (Lipinski definition) is 1. The van der Waals surface area contributed by atoms with E-state index >= 15 is 0 Å². The molecule has 1 N–H and O–H groups in total. The van der Waals surface area contributed by atoms with E-state index in [1.165, 1.54) is 4.90 Å². The van der Waals surface area contributed by atoms with Crippen molar-refractivity contribution < 1.29 is 13.6 Å². The van der Waals surface area contributed by atoms with Crippen molar-refractivity contribution in [3.8, 4) is 0 Å². The molecule has 100 valence electrons. The van der Waals surface area contributed by atoms with Crippen LogP contribution in [-0.2, 0) is 4.79 Å². The average Bonchev–Trinajstić information content (AvgIpc) is 2.61. The molecule has 0 bridgehead atoms. The maximum Gasteiger partial charge on any atom is 0.270 e. The van der Waals surface area contributed by atoms with E-state index in [4.69, 9.17) is 0 Å². The summed E-state index contributed by atoms with van der Waals surface area (Å²) in [5.74, 6) is -2.18. The van der Waals surface area contributed by atoms with Gasteiger partial charge in [0, 0.05) is 24.9 Å². The fraction of sp³-hybridized carbons (Fsp3) is 0.250. The normalized spacial score (nSPS) is 21.5. The molecule has 19 heavy (non-hydrogen) atoms. The predicted molar refractivity (Wildman–Crippen MR) is 70.8 cm³/mol. The molecule has 3 rings (SSSR count). The lowest BCUT2D eigenvalue weighted by Crippen LogP contribution is -2.56. The molecule has 4 nitrogen and oxygen atoms in total. The second kappa shape index (κ2) is 3.93. The van der Waals surface area contributed by atoms with E-state index in [0.29, 0.717) is 21.6 Å². The Hall–Kier alpha value is -1.63. The monoisotopic (exact) mass is 329 g/mol.